The predicted molar refractivity (Wildman–Crippen MR) is 148 cm³/mol. The number of carbonyl (C=O) groups is 3. The zero-order valence-electron chi connectivity index (χ0n) is 20.8. The Bertz CT molecular complexity index is 1110. The summed E-state index contributed by atoms with van der Waals surface area (Å²) in [5, 5.41) is 0. The first kappa shape index (κ1) is 30.8. The molecule has 4 rings (SSSR count). The van der Waals surface area contributed by atoms with Crippen LogP contribution in [0.5, 0.6) is 5.75 Å². The summed E-state index contributed by atoms with van der Waals surface area (Å²) in [5.74, 6) is -0.264. The molecule has 2 fully saturated rings. The van der Waals surface area contributed by atoms with Gasteiger partial charge in [-0.05, 0) is 48.5 Å². The van der Waals surface area contributed by atoms with Gasteiger partial charge < -0.3 is 30.7 Å². The molecule has 0 spiro atoms. The van der Waals surface area contributed by atoms with Crippen molar-refractivity contribution in [3.05, 3.63) is 59.7 Å². The topological polar surface area (TPSA) is 144 Å². The van der Waals surface area contributed by atoms with Crippen LogP contribution in [0.15, 0.2) is 53.5 Å². The Hall–Kier alpha value is -3.38. The number of carbonyl (C=O) groups excluding carboxylic acids is 3. The van der Waals surface area contributed by atoms with Crippen LogP contribution in [-0.4, -0.2) is 97.5 Å². The number of halogens is 2. The lowest BCUT2D eigenvalue weighted by Gasteiger charge is -2.36. The minimum Gasteiger partial charge on any atom is -0.423 e. The first-order valence-corrected chi connectivity index (χ1v) is 11.8. The van der Waals surface area contributed by atoms with Crippen LogP contribution < -0.4 is 16.2 Å². The molecule has 2 aromatic carbocycles. The Morgan fingerprint density at radius 1 is 0.789 bits per heavy atom. The number of nitrogens with two attached hydrogens (primary N) is 2. The molecule has 13 heteroatoms. The van der Waals surface area contributed by atoms with Crippen molar-refractivity contribution in [2.75, 3.05) is 59.0 Å². The van der Waals surface area contributed by atoms with Crippen LogP contribution >= 0.6 is 24.8 Å². The summed E-state index contributed by atoms with van der Waals surface area (Å²) in [4.78, 5) is 47.4. The molecule has 206 valence electrons. The molecule has 0 unspecified atom stereocenters. The summed E-state index contributed by atoms with van der Waals surface area (Å²) >= 11 is 0. The number of esters is 1. The number of ether oxygens (including phenoxy) is 2. The summed E-state index contributed by atoms with van der Waals surface area (Å²) in [7, 11) is 0. The summed E-state index contributed by atoms with van der Waals surface area (Å²) in [5.41, 5.74) is 12.1. The molecule has 0 radical (unpaired) electrons. The van der Waals surface area contributed by atoms with E-state index in [-0.39, 0.29) is 42.6 Å². The van der Waals surface area contributed by atoms with Crippen molar-refractivity contribution >= 4 is 54.2 Å². The molecule has 2 amide bonds. The minimum atomic E-state index is -0.534. The van der Waals surface area contributed by atoms with Crippen molar-refractivity contribution in [2.24, 2.45) is 16.5 Å². The maximum Gasteiger partial charge on any atom is 0.343 e. The highest BCUT2D eigenvalue weighted by atomic mass is 35.5. The third kappa shape index (κ3) is 8.32. The Balaban J connectivity index is 0.00000253. The van der Waals surface area contributed by atoms with Gasteiger partial charge in [0.2, 0.25) is 5.91 Å². The second kappa shape index (κ2) is 14.5. The minimum absolute atomic E-state index is 0. The van der Waals surface area contributed by atoms with Crippen molar-refractivity contribution in [1.82, 2.24) is 14.7 Å². The largest absolute Gasteiger partial charge is 0.423 e. The van der Waals surface area contributed by atoms with E-state index in [1.54, 1.807) is 53.4 Å². The molecule has 0 atom stereocenters. The highest BCUT2D eigenvalue weighted by molar-refractivity contribution is 5.95. The number of hydrogen-bond donors (Lipinski definition) is 2. The first-order chi connectivity index (χ1) is 17.4. The van der Waals surface area contributed by atoms with Crippen LogP contribution in [0, 0.1) is 0 Å². The van der Waals surface area contributed by atoms with E-state index in [2.05, 4.69) is 9.89 Å². The number of amides is 2. The van der Waals surface area contributed by atoms with Crippen LogP contribution in [-0.2, 0) is 9.53 Å². The molecule has 0 bridgehead atoms. The van der Waals surface area contributed by atoms with Gasteiger partial charge in [0.25, 0.3) is 5.91 Å². The van der Waals surface area contributed by atoms with E-state index in [1.165, 1.54) is 0 Å². The smallest absolute Gasteiger partial charge is 0.343 e. The molecule has 2 saturated heterocycles. The molecular formula is C25H32Cl2N6O5. The van der Waals surface area contributed by atoms with E-state index < -0.39 is 5.97 Å². The van der Waals surface area contributed by atoms with E-state index in [0.29, 0.717) is 81.6 Å². The normalized spacial score (nSPS) is 15.5. The predicted octanol–water partition coefficient (Wildman–Crippen LogP) is 1.27. The molecule has 2 aliphatic heterocycles. The van der Waals surface area contributed by atoms with E-state index in [4.69, 9.17) is 20.9 Å². The molecule has 0 saturated carbocycles. The van der Waals surface area contributed by atoms with E-state index in [1.807, 2.05) is 4.90 Å². The summed E-state index contributed by atoms with van der Waals surface area (Å²) in [6, 6.07) is 12.8. The zero-order valence-corrected chi connectivity index (χ0v) is 22.4. The lowest BCUT2D eigenvalue weighted by Crippen LogP contribution is -2.52. The van der Waals surface area contributed by atoms with Gasteiger partial charge in [0.1, 0.15) is 5.75 Å². The van der Waals surface area contributed by atoms with Crippen molar-refractivity contribution < 1.29 is 23.9 Å². The second-order valence-corrected chi connectivity index (χ2v) is 8.56. The Labute approximate surface area is 233 Å². The average Bonchev–Trinajstić information content (AvgIpc) is 2.90. The molecule has 0 aromatic heterocycles. The second-order valence-electron chi connectivity index (χ2n) is 8.56. The number of benzene rings is 2. The van der Waals surface area contributed by atoms with E-state index in [9.17, 15) is 14.4 Å². The molecule has 2 heterocycles. The zero-order chi connectivity index (χ0) is 25.5. The number of guanidine groups is 1. The monoisotopic (exact) mass is 566 g/mol. The third-order valence-electron chi connectivity index (χ3n) is 6.06. The number of morpholine rings is 1. The van der Waals surface area contributed by atoms with E-state index in [0.717, 1.165) is 0 Å². The number of piperazine rings is 1. The first-order valence-electron chi connectivity index (χ1n) is 11.8. The summed E-state index contributed by atoms with van der Waals surface area (Å²) in [6.07, 6.45) is 0. The molecule has 38 heavy (non-hydrogen) atoms. The Morgan fingerprint density at radius 2 is 1.37 bits per heavy atom. The molecule has 2 aromatic rings. The maximum absolute atomic E-state index is 12.9. The molecular weight excluding hydrogens is 535 g/mol. The van der Waals surface area contributed by atoms with Crippen LogP contribution in [0.3, 0.4) is 0 Å². The molecule has 0 aliphatic carbocycles. The van der Waals surface area contributed by atoms with Gasteiger partial charge in [-0.2, -0.15) is 0 Å². The van der Waals surface area contributed by atoms with Crippen LogP contribution in [0.1, 0.15) is 20.7 Å². The Morgan fingerprint density at radius 3 is 1.95 bits per heavy atom. The van der Waals surface area contributed by atoms with Gasteiger partial charge in [0.15, 0.2) is 5.96 Å². The van der Waals surface area contributed by atoms with Crippen molar-refractivity contribution in [1.29, 1.82) is 0 Å². The molecule has 11 nitrogen and oxygen atoms in total. The maximum atomic E-state index is 12.9. The van der Waals surface area contributed by atoms with Gasteiger partial charge in [-0.1, -0.05) is 0 Å². The van der Waals surface area contributed by atoms with Gasteiger partial charge in [-0.3, -0.25) is 14.5 Å². The van der Waals surface area contributed by atoms with Crippen LogP contribution in [0.25, 0.3) is 0 Å². The lowest BCUT2D eigenvalue weighted by atomic mass is 10.1. The van der Waals surface area contributed by atoms with Crippen molar-refractivity contribution in [3.63, 3.8) is 0 Å². The highest BCUT2D eigenvalue weighted by Crippen LogP contribution is 2.18. The lowest BCUT2D eigenvalue weighted by molar-refractivity contribution is -0.136. The van der Waals surface area contributed by atoms with Gasteiger partial charge in [-0.15, -0.1) is 24.8 Å². The van der Waals surface area contributed by atoms with Gasteiger partial charge in [0.05, 0.1) is 31.0 Å². The fourth-order valence-electron chi connectivity index (χ4n) is 4.05. The van der Waals surface area contributed by atoms with Crippen molar-refractivity contribution in [3.8, 4) is 5.75 Å². The summed E-state index contributed by atoms with van der Waals surface area (Å²) < 4.78 is 10.7. The number of hydrogen-bond acceptors (Lipinski definition) is 7. The quantitative estimate of drug-likeness (QED) is 0.230. The fourth-order valence-corrected chi connectivity index (χ4v) is 4.05. The van der Waals surface area contributed by atoms with Gasteiger partial charge in [-0.25, -0.2) is 9.79 Å². The van der Waals surface area contributed by atoms with Crippen LogP contribution in [0.2, 0.25) is 0 Å². The SMILES string of the molecule is Cl.Cl.NC(N)=Nc1ccc(C(=O)Oc2ccc(C(=O)N3CCN(CC(=O)N4CCOCC4)CC3)cc2)cc1. The molecule has 2 aliphatic rings. The molecule has 4 N–H and O–H groups in total. The number of aliphatic imine (C=N–C) groups is 1. The van der Waals surface area contributed by atoms with E-state index >= 15 is 0 Å². The Kier molecular flexibility index (Phi) is 11.8. The van der Waals surface area contributed by atoms with Crippen LogP contribution in [0.4, 0.5) is 5.69 Å². The third-order valence-corrected chi connectivity index (χ3v) is 6.06. The number of rotatable bonds is 6. The fraction of sp³-hybridized carbons (Fsp3) is 0.360. The number of nitrogens with zero attached hydrogens (tertiary/aromatic N) is 4. The standard InChI is InChI=1S/C25H30N6O5.2ClH/c26-25(27)28-20-5-1-19(2-6-20)24(34)36-21-7-3-18(4-8-21)23(33)31-11-9-29(10-12-31)17-22(32)30-13-15-35-16-14-30;;/h1-8H,9-17H2,(H4,26,27,28);2*1H. The van der Waals surface area contributed by atoms with Gasteiger partial charge >= 0.3 is 5.97 Å². The van der Waals surface area contributed by atoms with Crippen molar-refractivity contribution in [2.45, 2.75) is 0 Å². The highest BCUT2D eigenvalue weighted by Gasteiger charge is 2.25. The average molecular weight is 567 g/mol. The summed E-state index contributed by atoms with van der Waals surface area (Å²) in [6.45, 7) is 5.16. The van der Waals surface area contributed by atoms with Gasteiger partial charge in [0, 0.05) is 44.8 Å².